The van der Waals surface area contributed by atoms with Crippen molar-refractivity contribution in [1.29, 1.82) is 0 Å². The van der Waals surface area contributed by atoms with Crippen LogP contribution in [0.5, 0.6) is 0 Å². The smallest absolute Gasteiger partial charge is 0.245 e. The molecule has 23 heavy (non-hydrogen) atoms. The number of halogens is 1. The van der Waals surface area contributed by atoms with Crippen molar-refractivity contribution in [2.45, 2.75) is 13.0 Å². The standard InChI is InChI=1S/C17H16ClN5/c1-12(13-5-3-2-4-6-13)20-17-22-16(11-19-23-17)21-15-9-7-14(18)8-10-15/h2-12H,1H3,(H2,20,21,22,23). The summed E-state index contributed by atoms with van der Waals surface area (Å²) in [5.41, 5.74) is 2.05. The van der Waals surface area contributed by atoms with E-state index in [0.29, 0.717) is 16.8 Å². The molecule has 1 heterocycles. The van der Waals surface area contributed by atoms with Crippen molar-refractivity contribution >= 4 is 29.1 Å². The molecule has 0 aliphatic heterocycles. The number of rotatable bonds is 5. The molecule has 1 unspecified atom stereocenters. The Bertz CT molecular complexity index is 761. The molecule has 3 rings (SSSR count). The van der Waals surface area contributed by atoms with Crippen LogP contribution in [-0.4, -0.2) is 15.2 Å². The van der Waals surface area contributed by atoms with E-state index < -0.39 is 0 Å². The first-order valence-corrected chi connectivity index (χ1v) is 7.62. The Morgan fingerprint density at radius 1 is 1.00 bits per heavy atom. The molecule has 0 amide bonds. The molecule has 2 aromatic carbocycles. The lowest BCUT2D eigenvalue weighted by atomic mass is 10.1. The fourth-order valence-electron chi connectivity index (χ4n) is 2.12. The summed E-state index contributed by atoms with van der Waals surface area (Å²) in [5.74, 6) is 1.09. The summed E-state index contributed by atoms with van der Waals surface area (Å²) >= 11 is 5.88. The van der Waals surface area contributed by atoms with E-state index in [2.05, 4.69) is 44.9 Å². The third-order valence-corrected chi connectivity index (χ3v) is 3.57. The molecule has 6 heteroatoms. The Morgan fingerprint density at radius 2 is 1.74 bits per heavy atom. The van der Waals surface area contributed by atoms with E-state index in [1.54, 1.807) is 6.20 Å². The van der Waals surface area contributed by atoms with Gasteiger partial charge in [0.05, 0.1) is 12.2 Å². The summed E-state index contributed by atoms with van der Waals surface area (Å²) < 4.78 is 0. The lowest BCUT2D eigenvalue weighted by Crippen LogP contribution is -2.10. The van der Waals surface area contributed by atoms with Crippen LogP contribution >= 0.6 is 11.6 Å². The van der Waals surface area contributed by atoms with Gasteiger partial charge in [-0.1, -0.05) is 41.9 Å². The first-order chi connectivity index (χ1) is 11.2. The first kappa shape index (κ1) is 15.2. The van der Waals surface area contributed by atoms with Gasteiger partial charge in [-0.05, 0) is 36.8 Å². The molecule has 116 valence electrons. The number of anilines is 3. The fraction of sp³-hybridized carbons (Fsp3) is 0.118. The summed E-state index contributed by atoms with van der Waals surface area (Å²) in [6.07, 6.45) is 1.58. The van der Waals surface area contributed by atoms with Crippen LogP contribution in [0.1, 0.15) is 18.5 Å². The minimum Gasteiger partial charge on any atom is -0.346 e. The number of hydrogen-bond acceptors (Lipinski definition) is 5. The molecule has 0 saturated heterocycles. The first-order valence-electron chi connectivity index (χ1n) is 7.24. The highest BCUT2D eigenvalue weighted by Crippen LogP contribution is 2.19. The molecular formula is C17H16ClN5. The zero-order valence-corrected chi connectivity index (χ0v) is 13.3. The third-order valence-electron chi connectivity index (χ3n) is 3.32. The third kappa shape index (κ3) is 4.17. The Hall–Kier alpha value is -2.66. The van der Waals surface area contributed by atoms with E-state index in [9.17, 15) is 0 Å². The number of aromatic nitrogens is 3. The van der Waals surface area contributed by atoms with Gasteiger partial charge >= 0.3 is 0 Å². The lowest BCUT2D eigenvalue weighted by molar-refractivity contribution is 0.841. The van der Waals surface area contributed by atoms with Crippen LogP contribution in [0.15, 0.2) is 60.8 Å². The average Bonchev–Trinajstić information content (AvgIpc) is 2.58. The van der Waals surface area contributed by atoms with Gasteiger partial charge in [0, 0.05) is 10.7 Å². The highest BCUT2D eigenvalue weighted by Gasteiger charge is 2.07. The maximum Gasteiger partial charge on any atom is 0.245 e. The molecule has 3 aromatic rings. The normalized spacial score (nSPS) is 11.7. The molecular weight excluding hydrogens is 310 g/mol. The van der Waals surface area contributed by atoms with Gasteiger partial charge in [0.2, 0.25) is 5.95 Å². The van der Waals surface area contributed by atoms with E-state index >= 15 is 0 Å². The lowest BCUT2D eigenvalue weighted by Gasteiger charge is -2.14. The molecule has 0 radical (unpaired) electrons. The van der Waals surface area contributed by atoms with Crippen molar-refractivity contribution in [2.75, 3.05) is 10.6 Å². The monoisotopic (exact) mass is 325 g/mol. The van der Waals surface area contributed by atoms with Crippen LogP contribution in [-0.2, 0) is 0 Å². The van der Waals surface area contributed by atoms with Gasteiger partial charge in [0.15, 0.2) is 5.82 Å². The molecule has 1 atom stereocenters. The van der Waals surface area contributed by atoms with Gasteiger partial charge in [-0.2, -0.15) is 10.1 Å². The quantitative estimate of drug-likeness (QED) is 0.726. The average molecular weight is 326 g/mol. The number of nitrogens with zero attached hydrogens (tertiary/aromatic N) is 3. The largest absolute Gasteiger partial charge is 0.346 e. The second-order valence-corrected chi connectivity index (χ2v) is 5.51. The highest BCUT2D eigenvalue weighted by molar-refractivity contribution is 6.30. The number of benzene rings is 2. The molecule has 0 aliphatic carbocycles. The van der Waals surface area contributed by atoms with Crippen LogP contribution in [0.3, 0.4) is 0 Å². The number of nitrogens with one attached hydrogen (secondary N) is 2. The molecule has 0 spiro atoms. The maximum atomic E-state index is 5.88. The summed E-state index contributed by atoms with van der Waals surface area (Å²) in [7, 11) is 0. The fourth-order valence-corrected chi connectivity index (χ4v) is 2.25. The van der Waals surface area contributed by atoms with E-state index in [4.69, 9.17) is 11.6 Å². The van der Waals surface area contributed by atoms with Gasteiger partial charge in [0.1, 0.15) is 0 Å². The van der Waals surface area contributed by atoms with E-state index in [1.807, 2.05) is 42.5 Å². The van der Waals surface area contributed by atoms with Crippen LogP contribution < -0.4 is 10.6 Å². The summed E-state index contributed by atoms with van der Waals surface area (Å²) in [6.45, 7) is 2.05. The van der Waals surface area contributed by atoms with Gasteiger partial charge in [-0.15, -0.1) is 5.10 Å². The van der Waals surface area contributed by atoms with Gasteiger partial charge in [0.25, 0.3) is 0 Å². The van der Waals surface area contributed by atoms with Gasteiger partial charge in [-0.3, -0.25) is 0 Å². The second kappa shape index (κ2) is 7.07. The highest BCUT2D eigenvalue weighted by atomic mass is 35.5. The summed E-state index contributed by atoms with van der Waals surface area (Å²) in [4.78, 5) is 4.43. The van der Waals surface area contributed by atoms with Gasteiger partial charge in [-0.25, -0.2) is 0 Å². The Kier molecular flexibility index (Phi) is 4.68. The maximum absolute atomic E-state index is 5.88. The molecule has 2 N–H and O–H groups in total. The zero-order chi connectivity index (χ0) is 16.1. The molecule has 1 aromatic heterocycles. The zero-order valence-electron chi connectivity index (χ0n) is 12.6. The van der Waals surface area contributed by atoms with Crippen molar-refractivity contribution in [2.24, 2.45) is 0 Å². The van der Waals surface area contributed by atoms with Crippen LogP contribution in [0.25, 0.3) is 0 Å². The van der Waals surface area contributed by atoms with Crippen molar-refractivity contribution < 1.29 is 0 Å². The van der Waals surface area contributed by atoms with Crippen molar-refractivity contribution in [3.05, 3.63) is 71.4 Å². The predicted octanol–water partition coefficient (Wildman–Crippen LogP) is 4.44. The minimum absolute atomic E-state index is 0.0868. The van der Waals surface area contributed by atoms with Gasteiger partial charge < -0.3 is 10.6 Å². The molecule has 0 fully saturated rings. The van der Waals surface area contributed by atoms with Crippen molar-refractivity contribution in [3.8, 4) is 0 Å². The molecule has 0 bridgehead atoms. The van der Waals surface area contributed by atoms with E-state index in [0.717, 1.165) is 11.3 Å². The van der Waals surface area contributed by atoms with Crippen molar-refractivity contribution in [1.82, 2.24) is 15.2 Å². The van der Waals surface area contributed by atoms with E-state index in [1.165, 1.54) is 0 Å². The van der Waals surface area contributed by atoms with Crippen LogP contribution in [0.2, 0.25) is 5.02 Å². The SMILES string of the molecule is CC(Nc1nncc(Nc2ccc(Cl)cc2)n1)c1ccccc1. The minimum atomic E-state index is 0.0868. The summed E-state index contributed by atoms with van der Waals surface area (Å²) in [5, 5.41) is 15.1. The second-order valence-electron chi connectivity index (χ2n) is 5.07. The topological polar surface area (TPSA) is 62.7 Å². The molecule has 5 nitrogen and oxygen atoms in total. The summed E-state index contributed by atoms with van der Waals surface area (Å²) in [6, 6.07) is 17.6. The van der Waals surface area contributed by atoms with Crippen molar-refractivity contribution in [3.63, 3.8) is 0 Å². The Balaban J connectivity index is 1.71. The van der Waals surface area contributed by atoms with Crippen LogP contribution in [0, 0.1) is 0 Å². The Morgan fingerprint density at radius 3 is 2.48 bits per heavy atom. The predicted molar refractivity (Wildman–Crippen MR) is 93.0 cm³/mol. The van der Waals surface area contributed by atoms with Crippen LogP contribution in [0.4, 0.5) is 17.5 Å². The Labute approximate surface area is 139 Å². The van der Waals surface area contributed by atoms with E-state index in [-0.39, 0.29) is 6.04 Å². The molecule has 0 aliphatic rings. The number of hydrogen-bond donors (Lipinski definition) is 2. The molecule has 0 saturated carbocycles.